The molecule has 1 aliphatic heterocycles. The van der Waals surface area contributed by atoms with E-state index in [0.29, 0.717) is 18.2 Å². The molecule has 2 N–H and O–H groups in total. The number of aliphatic hydroxyl groups excluding tert-OH is 1. The molecule has 3 rings (SSSR count). The highest BCUT2D eigenvalue weighted by atomic mass is 32.1. The van der Waals surface area contributed by atoms with Gasteiger partial charge >= 0.3 is 6.03 Å². The van der Waals surface area contributed by atoms with Crippen LogP contribution in [-0.4, -0.2) is 45.2 Å². The quantitative estimate of drug-likeness (QED) is 0.906. The van der Waals surface area contributed by atoms with Gasteiger partial charge in [0.25, 0.3) is 0 Å². The van der Waals surface area contributed by atoms with E-state index < -0.39 is 0 Å². The van der Waals surface area contributed by atoms with Crippen LogP contribution in [0.15, 0.2) is 29.9 Å². The first-order valence-corrected chi connectivity index (χ1v) is 8.61. The Morgan fingerprint density at radius 2 is 2.26 bits per heavy atom. The molecule has 0 aromatic carbocycles. The number of hydrogen-bond donors (Lipinski definition) is 2. The zero-order valence-corrected chi connectivity index (χ0v) is 13.8. The van der Waals surface area contributed by atoms with Gasteiger partial charge in [-0.15, -0.1) is 11.3 Å². The minimum absolute atomic E-state index is 0.124. The van der Waals surface area contributed by atoms with E-state index in [-0.39, 0.29) is 18.1 Å². The van der Waals surface area contributed by atoms with Crippen molar-refractivity contribution in [3.05, 3.63) is 29.9 Å². The Balaban J connectivity index is 1.58. The van der Waals surface area contributed by atoms with Gasteiger partial charge in [-0.25, -0.2) is 9.78 Å². The fraction of sp³-hybridized carbons (Fsp3) is 0.438. The highest BCUT2D eigenvalue weighted by Gasteiger charge is 2.25. The molecule has 0 aliphatic carbocycles. The Hall–Kier alpha value is -1.99. The van der Waals surface area contributed by atoms with Crippen molar-refractivity contribution in [1.29, 1.82) is 0 Å². The second-order valence-electron chi connectivity index (χ2n) is 5.77. The zero-order chi connectivity index (χ0) is 16.2. The van der Waals surface area contributed by atoms with Gasteiger partial charge in [0.2, 0.25) is 0 Å². The van der Waals surface area contributed by atoms with Crippen LogP contribution in [0.25, 0.3) is 11.3 Å². The molecule has 1 atom stereocenters. The van der Waals surface area contributed by atoms with Gasteiger partial charge in [0, 0.05) is 36.4 Å². The molecule has 0 radical (unpaired) electrons. The van der Waals surface area contributed by atoms with E-state index in [9.17, 15) is 9.90 Å². The van der Waals surface area contributed by atoms with E-state index in [2.05, 4.69) is 15.3 Å². The number of carbonyl (C=O) groups is 1. The number of nitrogens with one attached hydrogen (secondary N) is 1. The van der Waals surface area contributed by atoms with Crippen molar-refractivity contribution >= 4 is 22.5 Å². The number of nitrogens with zero attached hydrogens (tertiary/aromatic N) is 3. The van der Waals surface area contributed by atoms with Crippen LogP contribution < -0.4 is 5.32 Å². The lowest BCUT2D eigenvalue weighted by molar-refractivity contribution is 0.0820. The van der Waals surface area contributed by atoms with E-state index >= 15 is 0 Å². The Bertz CT molecular complexity index is 651. The number of carbonyl (C=O) groups excluding carboxylic acids is 1. The number of urea groups is 1. The average molecular weight is 332 g/mol. The fourth-order valence-corrected chi connectivity index (χ4v) is 3.44. The predicted octanol–water partition coefficient (Wildman–Crippen LogP) is 2.83. The van der Waals surface area contributed by atoms with Crippen LogP contribution in [-0.2, 0) is 0 Å². The summed E-state index contributed by atoms with van der Waals surface area (Å²) >= 11 is 1.40. The molecule has 2 aromatic rings. The summed E-state index contributed by atoms with van der Waals surface area (Å²) in [5.41, 5.74) is 1.74. The molecule has 23 heavy (non-hydrogen) atoms. The van der Waals surface area contributed by atoms with Crippen molar-refractivity contribution in [2.24, 2.45) is 5.92 Å². The Labute approximate surface area is 139 Å². The van der Waals surface area contributed by atoms with Gasteiger partial charge in [-0.2, -0.15) is 0 Å². The molecular weight excluding hydrogens is 312 g/mol. The maximum atomic E-state index is 12.3. The molecule has 1 unspecified atom stereocenters. The van der Waals surface area contributed by atoms with Gasteiger partial charge in [-0.05, 0) is 37.8 Å². The first kappa shape index (κ1) is 15.9. The van der Waals surface area contributed by atoms with Crippen molar-refractivity contribution < 1.29 is 9.90 Å². The van der Waals surface area contributed by atoms with E-state index in [1.165, 1.54) is 11.3 Å². The lowest BCUT2D eigenvalue weighted by Gasteiger charge is -2.32. The van der Waals surface area contributed by atoms with Crippen LogP contribution >= 0.6 is 11.3 Å². The van der Waals surface area contributed by atoms with Gasteiger partial charge in [0.05, 0.1) is 11.8 Å². The number of hydrogen-bond acceptors (Lipinski definition) is 5. The van der Waals surface area contributed by atoms with Crippen molar-refractivity contribution in [3.63, 3.8) is 0 Å². The molecule has 1 saturated heterocycles. The molecule has 0 spiro atoms. The number of likely N-dealkylation sites (tertiary alicyclic amines) is 1. The maximum Gasteiger partial charge on any atom is 0.323 e. The third kappa shape index (κ3) is 3.86. The van der Waals surface area contributed by atoms with Crippen molar-refractivity contribution in [2.45, 2.75) is 25.9 Å². The van der Waals surface area contributed by atoms with E-state index in [0.717, 1.165) is 24.1 Å². The normalized spacial score (nSPS) is 17.0. The largest absolute Gasteiger partial charge is 0.393 e. The summed E-state index contributed by atoms with van der Waals surface area (Å²) in [6, 6.07) is 3.68. The van der Waals surface area contributed by atoms with Crippen LogP contribution in [0.5, 0.6) is 0 Å². The molecule has 0 bridgehead atoms. The number of aromatic nitrogens is 2. The summed E-state index contributed by atoms with van der Waals surface area (Å²) in [4.78, 5) is 22.6. The van der Waals surface area contributed by atoms with Crippen molar-refractivity contribution in [3.8, 4) is 11.3 Å². The summed E-state index contributed by atoms with van der Waals surface area (Å²) in [5, 5.41) is 15.0. The Morgan fingerprint density at radius 3 is 2.91 bits per heavy atom. The maximum absolute atomic E-state index is 12.3. The minimum Gasteiger partial charge on any atom is -0.393 e. The second-order valence-corrected chi connectivity index (χ2v) is 6.63. The fourth-order valence-electron chi connectivity index (χ4n) is 2.73. The van der Waals surface area contributed by atoms with Crippen LogP contribution in [0, 0.1) is 5.92 Å². The average Bonchev–Trinajstić information content (AvgIpc) is 3.04. The summed E-state index contributed by atoms with van der Waals surface area (Å²) in [6.45, 7) is 3.15. The number of piperidine rings is 1. The highest BCUT2D eigenvalue weighted by Crippen LogP contribution is 2.25. The topological polar surface area (TPSA) is 78.4 Å². The molecule has 1 aliphatic rings. The van der Waals surface area contributed by atoms with Crippen LogP contribution in [0.3, 0.4) is 0 Å². The molecule has 122 valence electrons. The number of rotatable bonds is 3. The summed E-state index contributed by atoms with van der Waals surface area (Å²) in [5.74, 6) is 0.288. The molecule has 2 aromatic heterocycles. The van der Waals surface area contributed by atoms with Gasteiger partial charge in [0.15, 0.2) is 5.13 Å². The van der Waals surface area contributed by atoms with Gasteiger partial charge < -0.3 is 10.0 Å². The molecule has 0 saturated carbocycles. The van der Waals surface area contributed by atoms with Gasteiger partial charge in [-0.1, -0.05) is 0 Å². The lowest BCUT2D eigenvalue weighted by Crippen LogP contribution is -2.42. The second kappa shape index (κ2) is 7.06. The van der Waals surface area contributed by atoms with Crippen molar-refractivity contribution in [2.75, 3.05) is 18.4 Å². The summed E-state index contributed by atoms with van der Waals surface area (Å²) < 4.78 is 0. The molecular formula is C16H20N4O2S. The van der Waals surface area contributed by atoms with Crippen LogP contribution in [0.2, 0.25) is 0 Å². The Kier molecular flexibility index (Phi) is 4.88. The predicted molar refractivity (Wildman–Crippen MR) is 90.3 cm³/mol. The van der Waals surface area contributed by atoms with Gasteiger partial charge in [0.1, 0.15) is 0 Å². The minimum atomic E-state index is -0.304. The van der Waals surface area contributed by atoms with Crippen LogP contribution in [0.1, 0.15) is 19.8 Å². The van der Waals surface area contributed by atoms with Crippen molar-refractivity contribution in [1.82, 2.24) is 14.9 Å². The number of pyridine rings is 1. The first-order chi connectivity index (χ1) is 11.1. The zero-order valence-electron chi connectivity index (χ0n) is 13.0. The molecule has 1 fully saturated rings. The number of anilines is 1. The lowest BCUT2D eigenvalue weighted by atomic mass is 9.92. The molecule has 6 nitrogen and oxygen atoms in total. The smallest absolute Gasteiger partial charge is 0.323 e. The van der Waals surface area contributed by atoms with E-state index in [1.54, 1.807) is 17.3 Å². The molecule has 7 heteroatoms. The third-order valence-electron chi connectivity index (χ3n) is 4.18. The highest BCUT2D eigenvalue weighted by molar-refractivity contribution is 7.14. The van der Waals surface area contributed by atoms with E-state index in [1.807, 2.05) is 24.4 Å². The Morgan fingerprint density at radius 1 is 1.48 bits per heavy atom. The van der Waals surface area contributed by atoms with Crippen LogP contribution in [0.4, 0.5) is 9.93 Å². The first-order valence-electron chi connectivity index (χ1n) is 7.73. The van der Waals surface area contributed by atoms with E-state index in [4.69, 9.17) is 0 Å². The summed E-state index contributed by atoms with van der Waals surface area (Å²) in [6.07, 6.45) is 4.84. The third-order valence-corrected chi connectivity index (χ3v) is 4.94. The van der Waals surface area contributed by atoms with Gasteiger partial charge in [-0.3, -0.25) is 10.3 Å². The number of amides is 2. The SMILES string of the molecule is CC(O)C1CCN(C(=O)Nc2nc(-c3cccnc3)cs2)CC1. The molecule has 2 amide bonds. The monoisotopic (exact) mass is 332 g/mol. The number of thiazole rings is 1. The summed E-state index contributed by atoms with van der Waals surface area (Å²) in [7, 11) is 0. The molecule has 3 heterocycles. The standard InChI is InChI=1S/C16H20N4O2S/c1-11(21)12-4-7-20(8-5-12)16(22)19-15-18-14(10-23-15)13-3-2-6-17-9-13/h2-3,6,9-12,21H,4-5,7-8H2,1H3,(H,18,19,22). The number of aliphatic hydroxyl groups is 1.